The SMILES string of the molecule is Br.CCOc1ccccc1C(=O)CNc1nc2c(OCC)cccc2s1. The van der Waals surface area contributed by atoms with Gasteiger partial charge in [0.1, 0.15) is 17.0 Å². The van der Waals surface area contributed by atoms with Gasteiger partial charge in [0.25, 0.3) is 0 Å². The maximum atomic E-state index is 12.5. The number of thiazole rings is 1. The van der Waals surface area contributed by atoms with Crippen molar-refractivity contribution < 1.29 is 14.3 Å². The molecule has 7 heteroatoms. The molecular weight excluding hydrogens is 416 g/mol. The van der Waals surface area contributed by atoms with Gasteiger partial charge in [0.2, 0.25) is 0 Å². The van der Waals surface area contributed by atoms with E-state index in [4.69, 9.17) is 9.47 Å². The molecule has 0 saturated carbocycles. The van der Waals surface area contributed by atoms with Gasteiger partial charge in [-0.3, -0.25) is 4.79 Å². The number of para-hydroxylation sites is 2. The fourth-order valence-electron chi connectivity index (χ4n) is 2.50. The third kappa shape index (κ3) is 4.53. The van der Waals surface area contributed by atoms with Crippen LogP contribution in [0.3, 0.4) is 0 Å². The average molecular weight is 437 g/mol. The first kappa shape index (κ1) is 20.2. The van der Waals surface area contributed by atoms with Gasteiger partial charge in [-0.1, -0.05) is 29.5 Å². The minimum atomic E-state index is -0.0339. The second-order valence-corrected chi connectivity index (χ2v) is 6.29. The van der Waals surface area contributed by atoms with Crippen LogP contribution in [0.5, 0.6) is 11.5 Å². The van der Waals surface area contributed by atoms with Gasteiger partial charge in [-0.2, -0.15) is 0 Å². The second-order valence-electron chi connectivity index (χ2n) is 5.26. The molecule has 5 nitrogen and oxygen atoms in total. The first-order valence-electron chi connectivity index (χ1n) is 8.24. The fraction of sp³-hybridized carbons (Fsp3) is 0.263. The molecule has 1 heterocycles. The summed E-state index contributed by atoms with van der Waals surface area (Å²) in [5.41, 5.74) is 1.40. The van der Waals surface area contributed by atoms with Gasteiger partial charge in [-0.15, -0.1) is 17.0 Å². The maximum absolute atomic E-state index is 12.5. The predicted octanol–water partition coefficient (Wildman–Crippen LogP) is 4.97. The van der Waals surface area contributed by atoms with Gasteiger partial charge < -0.3 is 14.8 Å². The van der Waals surface area contributed by atoms with Crippen molar-refractivity contribution >= 4 is 49.4 Å². The first-order chi connectivity index (χ1) is 12.2. The van der Waals surface area contributed by atoms with Gasteiger partial charge in [0, 0.05) is 0 Å². The number of hydrogen-bond donors (Lipinski definition) is 1. The molecule has 0 spiro atoms. The summed E-state index contributed by atoms with van der Waals surface area (Å²) in [5.74, 6) is 1.34. The third-order valence-corrected chi connectivity index (χ3v) is 4.55. The number of fused-ring (bicyclic) bond motifs is 1. The number of carbonyl (C=O) groups is 1. The van der Waals surface area contributed by atoms with E-state index in [-0.39, 0.29) is 29.3 Å². The summed E-state index contributed by atoms with van der Waals surface area (Å²) in [4.78, 5) is 17.1. The minimum Gasteiger partial charge on any atom is -0.493 e. The van der Waals surface area contributed by atoms with E-state index in [2.05, 4.69) is 10.3 Å². The highest BCUT2D eigenvalue weighted by Gasteiger charge is 2.14. The van der Waals surface area contributed by atoms with Crippen LogP contribution in [-0.2, 0) is 0 Å². The van der Waals surface area contributed by atoms with E-state index in [1.165, 1.54) is 11.3 Å². The van der Waals surface area contributed by atoms with Crippen LogP contribution in [0.1, 0.15) is 24.2 Å². The van der Waals surface area contributed by atoms with Crippen LogP contribution in [0.25, 0.3) is 10.2 Å². The zero-order valence-corrected chi connectivity index (χ0v) is 17.2. The zero-order chi connectivity index (χ0) is 17.6. The predicted molar refractivity (Wildman–Crippen MR) is 112 cm³/mol. The summed E-state index contributed by atoms with van der Waals surface area (Å²) >= 11 is 1.50. The second kappa shape index (κ2) is 9.54. The van der Waals surface area contributed by atoms with Crippen LogP contribution in [0.15, 0.2) is 42.5 Å². The smallest absolute Gasteiger partial charge is 0.185 e. The van der Waals surface area contributed by atoms with E-state index in [1.54, 1.807) is 6.07 Å². The van der Waals surface area contributed by atoms with Crippen LogP contribution in [-0.4, -0.2) is 30.5 Å². The Morgan fingerprint density at radius 3 is 2.50 bits per heavy atom. The molecule has 1 N–H and O–H groups in total. The molecular formula is C19H21BrN2O3S. The number of Topliss-reactive ketones (excluding diaryl/α,β-unsaturated/α-hetero) is 1. The standard InChI is InChI=1S/C19H20N2O3S.BrH/c1-3-23-15-9-6-5-8-13(15)14(22)12-20-19-21-18-16(24-4-2)10-7-11-17(18)25-19;/h5-11H,3-4,12H2,1-2H3,(H,20,21);1H. The number of carbonyl (C=O) groups excluding carboxylic acids is 1. The lowest BCUT2D eigenvalue weighted by atomic mass is 10.1. The van der Waals surface area contributed by atoms with Crippen molar-refractivity contribution in [2.24, 2.45) is 0 Å². The number of ketones is 1. The summed E-state index contributed by atoms with van der Waals surface area (Å²) in [7, 11) is 0. The fourth-order valence-corrected chi connectivity index (χ4v) is 3.38. The zero-order valence-electron chi connectivity index (χ0n) is 14.7. The van der Waals surface area contributed by atoms with Crippen LogP contribution in [0.2, 0.25) is 0 Å². The molecule has 3 aromatic rings. The lowest BCUT2D eigenvalue weighted by Crippen LogP contribution is -2.15. The number of nitrogens with zero attached hydrogens (tertiary/aromatic N) is 1. The molecule has 0 amide bonds. The van der Waals surface area contributed by atoms with E-state index < -0.39 is 0 Å². The lowest BCUT2D eigenvalue weighted by Gasteiger charge is -2.09. The Labute approximate surface area is 167 Å². The highest BCUT2D eigenvalue weighted by Crippen LogP contribution is 2.32. The largest absolute Gasteiger partial charge is 0.493 e. The quantitative estimate of drug-likeness (QED) is 0.505. The van der Waals surface area contributed by atoms with Crippen molar-refractivity contribution in [2.75, 3.05) is 25.1 Å². The van der Waals surface area contributed by atoms with E-state index >= 15 is 0 Å². The van der Waals surface area contributed by atoms with E-state index in [1.807, 2.05) is 50.2 Å². The Morgan fingerprint density at radius 1 is 1.04 bits per heavy atom. The Bertz CT molecular complexity index is 882. The van der Waals surface area contributed by atoms with Crippen molar-refractivity contribution in [3.63, 3.8) is 0 Å². The minimum absolute atomic E-state index is 0. The number of hydrogen-bond acceptors (Lipinski definition) is 6. The highest BCUT2D eigenvalue weighted by atomic mass is 79.9. The molecule has 1 aromatic heterocycles. The molecule has 3 rings (SSSR count). The third-order valence-electron chi connectivity index (χ3n) is 3.57. The van der Waals surface area contributed by atoms with E-state index in [0.717, 1.165) is 16.0 Å². The molecule has 0 aliphatic carbocycles. The van der Waals surface area contributed by atoms with Crippen LogP contribution >= 0.6 is 28.3 Å². The van der Waals surface area contributed by atoms with Gasteiger partial charge in [-0.05, 0) is 38.1 Å². The number of halogens is 1. The van der Waals surface area contributed by atoms with Gasteiger partial charge >= 0.3 is 0 Å². The molecule has 0 bridgehead atoms. The van der Waals surface area contributed by atoms with Gasteiger partial charge in [-0.25, -0.2) is 4.98 Å². The summed E-state index contributed by atoms with van der Waals surface area (Å²) in [6, 6.07) is 13.1. The number of benzene rings is 2. The van der Waals surface area contributed by atoms with E-state index in [0.29, 0.717) is 29.7 Å². The highest BCUT2D eigenvalue weighted by molar-refractivity contribution is 8.93. The number of rotatable bonds is 8. The Morgan fingerprint density at radius 2 is 1.73 bits per heavy atom. The summed E-state index contributed by atoms with van der Waals surface area (Å²) in [5, 5.41) is 3.82. The van der Waals surface area contributed by atoms with E-state index in [9.17, 15) is 4.79 Å². The first-order valence-corrected chi connectivity index (χ1v) is 9.05. The number of aromatic nitrogens is 1. The number of ether oxygens (including phenoxy) is 2. The molecule has 0 aliphatic heterocycles. The van der Waals surface area contributed by atoms with Crippen molar-refractivity contribution in [3.8, 4) is 11.5 Å². The molecule has 0 unspecified atom stereocenters. The average Bonchev–Trinajstić information content (AvgIpc) is 3.05. The molecule has 0 radical (unpaired) electrons. The molecule has 2 aromatic carbocycles. The van der Waals surface area contributed by atoms with Crippen LogP contribution in [0, 0.1) is 0 Å². The lowest BCUT2D eigenvalue weighted by molar-refractivity contribution is 0.100. The number of anilines is 1. The van der Waals surface area contributed by atoms with Crippen LogP contribution < -0.4 is 14.8 Å². The Kier molecular flexibility index (Phi) is 7.41. The summed E-state index contributed by atoms with van der Waals surface area (Å²) in [6.45, 7) is 5.12. The molecule has 0 saturated heterocycles. The van der Waals surface area contributed by atoms with Crippen molar-refractivity contribution in [1.82, 2.24) is 4.98 Å². The monoisotopic (exact) mass is 436 g/mol. The number of nitrogens with one attached hydrogen (secondary N) is 1. The van der Waals surface area contributed by atoms with Gasteiger partial charge in [0.05, 0.1) is 30.0 Å². The molecule has 0 aliphatic rings. The normalized spacial score (nSPS) is 10.2. The molecule has 0 atom stereocenters. The summed E-state index contributed by atoms with van der Waals surface area (Å²) in [6.07, 6.45) is 0. The molecule has 138 valence electrons. The van der Waals surface area contributed by atoms with Crippen molar-refractivity contribution in [1.29, 1.82) is 0 Å². The van der Waals surface area contributed by atoms with Gasteiger partial charge in [0.15, 0.2) is 10.9 Å². The maximum Gasteiger partial charge on any atom is 0.185 e. The molecule has 26 heavy (non-hydrogen) atoms. The Hall–Kier alpha value is -2.12. The Balaban J connectivity index is 0.00000243. The summed E-state index contributed by atoms with van der Waals surface area (Å²) < 4.78 is 12.1. The topological polar surface area (TPSA) is 60.5 Å². The van der Waals surface area contributed by atoms with Crippen LogP contribution in [0.4, 0.5) is 5.13 Å². The van der Waals surface area contributed by atoms with Crippen molar-refractivity contribution in [3.05, 3.63) is 48.0 Å². The van der Waals surface area contributed by atoms with Crippen molar-refractivity contribution in [2.45, 2.75) is 13.8 Å². The molecule has 0 fully saturated rings.